The van der Waals surface area contributed by atoms with Crippen LogP contribution in [0.15, 0.2) is 30.3 Å². The third-order valence-electron chi connectivity index (χ3n) is 3.31. The first-order valence-electron chi connectivity index (χ1n) is 6.17. The average molecular weight is 234 g/mol. The van der Waals surface area contributed by atoms with E-state index in [0.717, 1.165) is 25.7 Å². The van der Waals surface area contributed by atoms with Crippen molar-refractivity contribution in [2.45, 2.75) is 31.8 Å². The summed E-state index contributed by atoms with van der Waals surface area (Å²) >= 11 is 0. The fourth-order valence-corrected chi connectivity index (χ4v) is 2.22. The molecular weight excluding hydrogens is 216 g/mol. The molecule has 1 fully saturated rings. The molecule has 3 heteroatoms. The SMILES string of the molecule is O=C(OC[C@@H]1CCCC[C@H]1O)c1ccccc1. The smallest absolute Gasteiger partial charge is 0.338 e. The highest BCUT2D eigenvalue weighted by Gasteiger charge is 2.24. The molecule has 92 valence electrons. The maximum atomic E-state index is 11.7. The van der Waals surface area contributed by atoms with Gasteiger partial charge in [-0.2, -0.15) is 0 Å². The topological polar surface area (TPSA) is 46.5 Å². The summed E-state index contributed by atoms with van der Waals surface area (Å²) in [4.78, 5) is 11.7. The van der Waals surface area contributed by atoms with Crippen LogP contribution in [-0.4, -0.2) is 23.8 Å². The molecule has 0 saturated heterocycles. The highest BCUT2D eigenvalue weighted by molar-refractivity contribution is 5.89. The second-order valence-corrected chi connectivity index (χ2v) is 4.58. The molecule has 0 heterocycles. The number of carbonyl (C=O) groups excluding carboxylic acids is 1. The number of benzene rings is 1. The molecule has 0 unspecified atom stereocenters. The Bertz CT molecular complexity index is 361. The van der Waals surface area contributed by atoms with Crippen LogP contribution in [0, 0.1) is 5.92 Å². The van der Waals surface area contributed by atoms with Crippen molar-refractivity contribution in [3.63, 3.8) is 0 Å². The Morgan fingerprint density at radius 3 is 2.65 bits per heavy atom. The molecule has 0 radical (unpaired) electrons. The van der Waals surface area contributed by atoms with Crippen molar-refractivity contribution in [3.05, 3.63) is 35.9 Å². The quantitative estimate of drug-likeness (QED) is 0.817. The maximum Gasteiger partial charge on any atom is 0.338 e. The predicted octanol–water partition coefficient (Wildman–Crippen LogP) is 2.39. The van der Waals surface area contributed by atoms with Crippen molar-refractivity contribution in [1.82, 2.24) is 0 Å². The molecule has 0 bridgehead atoms. The van der Waals surface area contributed by atoms with Gasteiger partial charge in [0.05, 0.1) is 18.3 Å². The third kappa shape index (κ3) is 3.30. The van der Waals surface area contributed by atoms with E-state index in [9.17, 15) is 9.90 Å². The Labute approximate surface area is 101 Å². The lowest BCUT2D eigenvalue weighted by Gasteiger charge is -2.26. The molecule has 0 amide bonds. The largest absolute Gasteiger partial charge is 0.462 e. The fraction of sp³-hybridized carbons (Fsp3) is 0.500. The molecule has 2 atom stereocenters. The monoisotopic (exact) mass is 234 g/mol. The third-order valence-corrected chi connectivity index (χ3v) is 3.31. The molecule has 0 aliphatic heterocycles. The van der Waals surface area contributed by atoms with Gasteiger partial charge in [0.2, 0.25) is 0 Å². The molecule has 3 nitrogen and oxygen atoms in total. The normalized spacial score (nSPS) is 24.3. The first-order chi connectivity index (χ1) is 8.27. The van der Waals surface area contributed by atoms with E-state index in [1.165, 1.54) is 0 Å². The van der Waals surface area contributed by atoms with E-state index in [1.54, 1.807) is 12.1 Å². The molecule has 0 aromatic heterocycles. The van der Waals surface area contributed by atoms with E-state index < -0.39 is 0 Å². The minimum atomic E-state index is -0.313. The Hall–Kier alpha value is -1.35. The number of rotatable bonds is 3. The summed E-state index contributed by atoms with van der Waals surface area (Å²) in [6, 6.07) is 8.96. The summed E-state index contributed by atoms with van der Waals surface area (Å²) in [5, 5.41) is 9.76. The molecule has 1 aliphatic rings. The second-order valence-electron chi connectivity index (χ2n) is 4.58. The van der Waals surface area contributed by atoms with E-state index >= 15 is 0 Å². The lowest BCUT2D eigenvalue weighted by atomic mass is 9.87. The van der Waals surface area contributed by atoms with Crippen molar-refractivity contribution in [3.8, 4) is 0 Å². The number of ether oxygens (including phenoxy) is 1. The van der Waals surface area contributed by atoms with Crippen molar-refractivity contribution in [2.24, 2.45) is 5.92 Å². The Balaban J connectivity index is 1.84. The highest BCUT2D eigenvalue weighted by Crippen LogP contribution is 2.24. The minimum absolute atomic E-state index is 0.108. The number of hydrogen-bond donors (Lipinski definition) is 1. The van der Waals surface area contributed by atoms with Gasteiger partial charge in [-0.1, -0.05) is 31.0 Å². The molecule has 2 rings (SSSR count). The van der Waals surface area contributed by atoms with Crippen LogP contribution in [-0.2, 0) is 4.74 Å². The first-order valence-corrected chi connectivity index (χ1v) is 6.17. The van der Waals surface area contributed by atoms with Gasteiger partial charge in [0.1, 0.15) is 0 Å². The number of aliphatic hydroxyl groups excluding tert-OH is 1. The Kier molecular flexibility index (Phi) is 4.15. The summed E-state index contributed by atoms with van der Waals surface area (Å²) in [6.07, 6.45) is 3.65. The van der Waals surface area contributed by atoms with Crippen LogP contribution in [0.3, 0.4) is 0 Å². The van der Waals surface area contributed by atoms with Gasteiger partial charge in [-0.15, -0.1) is 0 Å². The molecular formula is C14H18O3. The van der Waals surface area contributed by atoms with E-state index in [1.807, 2.05) is 18.2 Å². The molecule has 0 spiro atoms. The summed E-state index contributed by atoms with van der Waals surface area (Å²) in [5.41, 5.74) is 0.567. The highest BCUT2D eigenvalue weighted by atomic mass is 16.5. The van der Waals surface area contributed by atoms with Crippen molar-refractivity contribution in [1.29, 1.82) is 0 Å². The summed E-state index contributed by atoms with van der Waals surface area (Å²) < 4.78 is 5.24. The summed E-state index contributed by atoms with van der Waals surface area (Å²) in [5.74, 6) is -0.195. The molecule has 1 N–H and O–H groups in total. The van der Waals surface area contributed by atoms with Crippen molar-refractivity contribution in [2.75, 3.05) is 6.61 Å². The zero-order valence-corrected chi connectivity index (χ0v) is 9.84. The van der Waals surface area contributed by atoms with Gasteiger partial charge in [0.25, 0.3) is 0 Å². The van der Waals surface area contributed by atoms with Crippen LogP contribution in [0.25, 0.3) is 0 Å². The number of hydrogen-bond acceptors (Lipinski definition) is 3. The van der Waals surface area contributed by atoms with Crippen LogP contribution >= 0.6 is 0 Å². The fourth-order valence-electron chi connectivity index (χ4n) is 2.22. The number of aliphatic hydroxyl groups is 1. The predicted molar refractivity (Wildman–Crippen MR) is 64.7 cm³/mol. The Morgan fingerprint density at radius 2 is 1.94 bits per heavy atom. The van der Waals surface area contributed by atoms with Gasteiger partial charge >= 0.3 is 5.97 Å². The van der Waals surface area contributed by atoms with E-state index in [2.05, 4.69) is 0 Å². The molecule has 1 aliphatic carbocycles. The number of esters is 1. The average Bonchev–Trinajstić information content (AvgIpc) is 2.38. The summed E-state index contributed by atoms with van der Waals surface area (Å²) in [6.45, 7) is 0.328. The van der Waals surface area contributed by atoms with Gasteiger partial charge in [0.15, 0.2) is 0 Å². The van der Waals surface area contributed by atoms with Gasteiger partial charge < -0.3 is 9.84 Å². The van der Waals surface area contributed by atoms with Crippen LogP contribution in [0.1, 0.15) is 36.0 Å². The zero-order chi connectivity index (χ0) is 12.1. The van der Waals surface area contributed by atoms with Gasteiger partial charge in [-0.3, -0.25) is 0 Å². The van der Waals surface area contributed by atoms with Crippen LogP contribution in [0.5, 0.6) is 0 Å². The van der Waals surface area contributed by atoms with E-state index in [0.29, 0.717) is 12.2 Å². The van der Waals surface area contributed by atoms with Crippen LogP contribution in [0.2, 0.25) is 0 Å². The minimum Gasteiger partial charge on any atom is -0.462 e. The van der Waals surface area contributed by atoms with Gasteiger partial charge in [0, 0.05) is 5.92 Å². The van der Waals surface area contributed by atoms with Gasteiger partial charge in [-0.25, -0.2) is 4.79 Å². The standard InChI is InChI=1S/C14H18O3/c15-13-9-5-4-8-12(13)10-17-14(16)11-6-2-1-3-7-11/h1-3,6-7,12-13,15H,4-5,8-10H2/t12-,13+/m0/s1. The lowest BCUT2D eigenvalue weighted by molar-refractivity contribution is 0.00866. The van der Waals surface area contributed by atoms with Crippen LogP contribution < -0.4 is 0 Å². The van der Waals surface area contributed by atoms with E-state index in [4.69, 9.17) is 4.74 Å². The van der Waals surface area contributed by atoms with Crippen molar-refractivity contribution >= 4 is 5.97 Å². The van der Waals surface area contributed by atoms with Gasteiger partial charge in [-0.05, 0) is 25.0 Å². The van der Waals surface area contributed by atoms with Crippen LogP contribution in [0.4, 0.5) is 0 Å². The molecule has 1 saturated carbocycles. The molecule has 17 heavy (non-hydrogen) atoms. The van der Waals surface area contributed by atoms with Crippen molar-refractivity contribution < 1.29 is 14.6 Å². The summed E-state index contributed by atoms with van der Waals surface area (Å²) in [7, 11) is 0. The molecule has 1 aromatic rings. The van der Waals surface area contributed by atoms with E-state index in [-0.39, 0.29) is 18.0 Å². The zero-order valence-electron chi connectivity index (χ0n) is 9.84. The Morgan fingerprint density at radius 1 is 1.24 bits per heavy atom. The lowest BCUT2D eigenvalue weighted by Crippen LogP contribution is -2.29. The first kappa shape index (κ1) is 12.1. The molecule has 1 aromatic carbocycles. The maximum absolute atomic E-state index is 11.7. The second kappa shape index (κ2) is 5.82. The number of carbonyl (C=O) groups is 1.